The number of esters is 1. The monoisotopic (exact) mass is 286 g/mol. The number of oxime groups is 1. The SMILES string of the molecule is COC(=O)C(C)(C)O/N=C(\C(=O)O)c1csc(C)n1. The lowest BCUT2D eigenvalue weighted by molar-refractivity contribution is -0.165. The Morgan fingerprint density at radius 3 is 2.53 bits per heavy atom. The second-order valence-electron chi connectivity index (χ2n) is 4.09. The van der Waals surface area contributed by atoms with Gasteiger partial charge in [-0.3, -0.25) is 0 Å². The number of ether oxygens (including phenoxy) is 1. The largest absolute Gasteiger partial charge is 0.476 e. The third kappa shape index (κ3) is 3.75. The van der Waals surface area contributed by atoms with E-state index in [0.29, 0.717) is 5.01 Å². The van der Waals surface area contributed by atoms with Crippen LogP contribution in [0.3, 0.4) is 0 Å². The average molecular weight is 286 g/mol. The second-order valence-corrected chi connectivity index (χ2v) is 5.15. The number of methoxy groups -OCH3 is 1. The number of aliphatic carboxylic acids is 1. The number of hydrogen-bond acceptors (Lipinski definition) is 7. The molecule has 8 heteroatoms. The molecule has 1 rings (SSSR count). The van der Waals surface area contributed by atoms with E-state index in [0.717, 1.165) is 0 Å². The molecule has 0 aliphatic heterocycles. The van der Waals surface area contributed by atoms with Crippen LogP contribution in [0.5, 0.6) is 0 Å². The number of thiazole rings is 1. The number of aromatic nitrogens is 1. The van der Waals surface area contributed by atoms with E-state index >= 15 is 0 Å². The van der Waals surface area contributed by atoms with E-state index in [1.54, 1.807) is 12.3 Å². The van der Waals surface area contributed by atoms with Crippen molar-refractivity contribution in [1.29, 1.82) is 0 Å². The number of aryl methyl sites for hydroxylation is 1. The minimum absolute atomic E-state index is 0.190. The van der Waals surface area contributed by atoms with Gasteiger partial charge in [-0.25, -0.2) is 14.6 Å². The predicted molar refractivity (Wildman–Crippen MR) is 68.2 cm³/mol. The Kier molecular flexibility index (Phi) is 4.60. The van der Waals surface area contributed by atoms with Crippen molar-refractivity contribution < 1.29 is 24.3 Å². The highest BCUT2D eigenvalue weighted by molar-refractivity contribution is 7.09. The van der Waals surface area contributed by atoms with Crippen LogP contribution in [-0.4, -0.2) is 40.5 Å². The van der Waals surface area contributed by atoms with Gasteiger partial charge in [-0.15, -0.1) is 11.3 Å². The number of carbonyl (C=O) groups excluding carboxylic acids is 1. The fourth-order valence-corrected chi connectivity index (χ4v) is 1.71. The molecule has 0 aromatic carbocycles. The number of rotatable bonds is 5. The lowest BCUT2D eigenvalue weighted by atomic mass is 10.1. The van der Waals surface area contributed by atoms with E-state index in [1.807, 2.05) is 0 Å². The number of hydrogen-bond donors (Lipinski definition) is 1. The summed E-state index contributed by atoms with van der Waals surface area (Å²) >= 11 is 1.29. The molecule has 0 aliphatic carbocycles. The molecule has 104 valence electrons. The Bertz CT molecular complexity index is 521. The van der Waals surface area contributed by atoms with Crippen molar-refractivity contribution in [2.75, 3.05) is 7.11 Å². The summed E-state index contributed by atoms with van der Waals surface area (Å²) in [6, 6.07) is 0. The van der Waals surface area contributed by atoms with E-state index in [2.05, 4.69) is 14.9 Å². The van der Waals surface area contributed by atoms with Crippen molar-refractivity contribution in [2.45, 2.75) is 26.4 Å². The number of carboxylic acids is 1. The van der Waals surface area contributed by atoms with Gasteiger partial charge in [-0.05, 0) is 20.8 Å². The van der Waals surface area contributed by atoms with Gasteiger partial charge in [-0.1, -0.05) is 5.16 Å². The topological polar surface area (TPSA) is 98.1 Å². The van der Waals surface area contributed by atoms with Crippen LogP contribution in [0.1, 0.15) is 24.5 Å². The van der Waals surface area contributed by atoms with E-state index in [9.17, 15) is 9.59 Å². The fourth-order valence-electron chi connectivity index (χ4n) is 1.11. The molecule has 1 N–H and O–H groups in total. The van der Waals surface area contributed by atoms with Crippen molar-refractivity contribution in [3.63, 3.8) is 0 Å². The van der Waals surface area contributed by atoms with Crippen molar-refractivity contribution in [3.8, 4) is 0 Å². The highest BCUT2D eigenvalue weighted by Crippen LogP contribution is 2.14. The normalized spacial score (nSPS) is 12.1. The maximum absolute atomic E-state index is 11.4. The van der Waals surface area contributed by atoms with Gasteiger partial charge in [0.25, 0.3) is 0 Å². The summed E-state index contributed by atoms with van der Waals surface area (Å²) in [6.07, 6.45) is 0. The van der Waals surface area contributed by atoms with Crippen LogP contribution in [0.15, 0.2) is 10.5 Å². The molecule has 0 spiro atoms. The molecular weight excluding hydrogens is 272 g/mol. The van der Waals surface area contributed by atoms with Gasteiger partial charge in [-0.2, -0.15) is 0 Å². The third-order valence-electron chi connectivity index (χ3n) is 2.11. The van der Waals surface area contributed by atoms with Crippen LogP contribution >= 0.6 is 11.3 Å². The van der Waals surface area contributed by atoms with Crippen LogP contribution in [0, 0.1) is 6.92 Å². The number of nitrogens with zero attached hydrogens (tertiary/aromatic N) is 2. The van der Waals surface area contributed by atoms with Crippen LogP contribution in [-0.2, 0) is 19.2 Å². The van der Waals surface area contributed by atoms with E-state index in [1.165, 1.54) is 32.3 Å². The zero-order valence-electron chi connectivity index (χ0n) is 11.0. The molecule has 0 saturated heterocycles. The van der Waals surface area contributed by atoms with Gasteiger partial charge >= 0.3 is 11.9 Å². The minimum Gasteiger partial charge on any atom is -0.476 e. The van der Waals surface area contributed by atoms with Crippen LogP contribution in [0.2, 0.25) is 0 Å². The molecule has 7 nitrogen and oxygen atoms in total. The zero-order valence-corrected chi connectivity index (χ0v) is 11.8. The van der Waals surface area contributed by atoms with Crippen molar-refractivity contribution >= 4 is 29.0 Å². The van der Waals surface area contributed by atoms with Crippen molar-refractivity contribution in [1.82, 2.24) is 4.98 Å². The molecule has 0 aliphatic rings. The Labute approximate surface area is 113 Å². The molecule has 0 fully saturated rings. The Hall–Kier alpha value is -1.96. The van der Waals surface area contributed by atoms with Gasteiger partial charge in [0.2, 0.25) is 11.3 Å². The molecule has 0 atom stereocenters. The average Bonchev–Trinajstić information content (AvgIpc) is 2.74. The molecular formula is C11H14N2O5S. The molecule has 1 aromatic heterocycles. The highest BCUT2D eigenvalue weighted by Gasteiger charge is 2.32. The van der Waals surface area contributed by atoms with Gasteiger partial charge in [0, 0.05) is 5.38 Å². The van der Waals surface area contributed by atoms with Gasteiger partial charge in [0.05, 0.1) is 12.1 Å². The first kappa shape index (κ1) is 15.1. The molecule has 0 saturated carbocycles. The molecule has 0 unspecified atom stereocenters. The predicted octanol–water partition coefficient (Wildman–Crippen LogP) is 1.21. The Morgan fingerprint density at radius 2 is 2.11 bits per heavy atom. The molecule has 1 heterocycles. The van der Waals surface area contributed by atoms with E-state index in [4.69, 9.17) is 9.94 Å². The first-order valence-electron chi connectivity index (χ1n) is 5.28. The Morgan fingerprint density at radius 1 is 1.47 bits per heavy atom. The summed E-state index contributed by atoms with van der Waals surface area (Å²) in [7, 11) is 1.21. The molecule has 1 aromatic rings. The first-order valence-corrected chi connectivity index (χ1v) is 6.16. The van der Waals surface area contributed by atoms with Crippen LogP contribution < -0.4 is 0 Å². The summed E-state index contributed by atoms with van der Waals surface area (Å²) in [5, 5.41) is 14.8. The maximum Gasteiger partial charge on any atom is 0.360 e. The summed E-state index contributed by atoms with van der Waals surface area (Å²) in [5.41, 5.74) is -1.54. The molecule has 19 heavy (non-hydrogen) atoms. The maximum atomic E-state index is 11.4. The first-order chi connectivity index (χ1) is 8.77. The lowest BCUT2D eigenvalue weighted by Gasteiger charge is -2.18. The van der Waals surface area contributed by atoms with Crippen LogP contribution in [0.25, 0.3) is 0 Å². The molecule has 0 bridgehead atoms. The third-order valence-corrected chi connectivity index (χ3v) is 2.88. The van der Waals surface area contributed by atoms with Gasteiger partial charge in [0.1, 0.15) is 5.69 Å². The highest BCUT2D eigenvalue weighted by atomic mass is 32.1. The van der Waals surface area contributed by atoms with Gasteiger partial charge in [0.15, 0.2) is 0 Å². The Balaban J connectivity index is 2.98. The summed E-state index contributed by atoms with van der Waals surface area (Å²) < 4.78 is 4.52. The summed E-state index contributed by atoms with van der Waals surface area (Å²) in [5.74, 6) is -1.94. The number of carboxylic acid groups (broad SMARTS) is 1. The second kappa shape index (κ2) is 5.79. The van der Waals surface area contributed by atoms with E-state index in [-0.39, 0.29) is 11.4 Å². The quantitative estimate of drug-likeness (QED) is 0.496. The summed E-state index contributed by atoms with van der Waals surface area (Å²) in [6.45, 7) is 4.59. The molecule has 0 amide bonds. The van der Waals surface area contributed by atoms with E-state index < -0.39 is 17.5 Å². The summed E-state index contributed by atoms with van der Waals surface area (Å²) in [4.78, 5) is 31.5. The van der Waals surface area contributed by atoms with Crippen LogP contribution in [0.4, 0.5) is 0 Å². The van der Waals surface area contributed by atoms with Gasteiger partial charge < -0.3 is 14.7 Å². The fraction of sp³-hybridized carbons (Fsp3) is 0.455. The number of carbonyl (C=O) groups is 2. The standard InChI is InChI=1S/C11H14N2O5S/c1-6-12-7(5-19-6)8(9(14)15)13-18-11(2,3)10(16)17-4/h5H,1-4H3,(H,14,15)/b13-8-. The lowest BCUT2D eigenvalue weighted by Crippen LogP contribution is -2.35. The van der Waals surface area contributed by atoms with Crippen molar-refractivity contribution in [2.24, 2.45) is 5.16 Å². The smallest absolute Gasteiger partial charge is 0.360 e. The zero-order chi connectivity index (χ0) is 14.6. The minimum atomic E-state index is -1.37. The van der Waals surface area contributed by atoms with Crippen molar-refractivity contribution in [3.05, 3.63) is 16.1 Å². The molecule has 0 radical (unpaired) electrons.